The van der Waals surface area contributed by atoms with E-state index in [-0.39, 0.29) is 0 Å². The Morgan fingerprint density at radius 2 is 1.70 bits per heavy atom. The second-order valence-corrected chi connectivity index (χ2v) is 7.09. The lowest BCUT2D eigenvalue weighted by Gasteiger charge is -1.98. The van der Waals surface area contributed by atoms with Gasteiger partial charge < -0.3 is 5.73 Å². The molecule has 0 atom stereocenters. The summed E-state index contributed by atoms with van der Waals surface area (Å²) >= 11 is 3.01. The molecule has 0 bridgehead atoms. The summed E-state index contributed by atoms with van der Waals surface area (Å²) < 4.78 is 1.10. The number of hydrogen-bond acceptors (Lipinski definition) is 5. The molecule has 0 amide bonds. The smallest absolute Gasteiger partial charge is 0.128 e. The Labute approximate surface area is 141 Å². The van der Waals surface area contributed by atoms with Gasteiger partial charge in [-0.15, -0.1) is 22.7 Å². The van der Waals surface area contributed by atoms with E-state index in [1.165, 1.54) is 11.3 Å². The number of thiazole rings is 1. The summed E-state index contributed by atoms with van der Waals surface area (Å²) in [6, 6.07) is 20.2. The Morgan fingerprint density at radius 1 is 0.957 bits per heavy atom. The second-order valence-electron chi connectivity index (χ2n) is 5.01. The number of hydrogen-bond donors (Lipinski definition) is 1. The highest BCUT2D eigenvalue weighted by molar-refractivity contribution is 7.23. The standard InChI is InChI=1S/C18H11N3S2/c19-10-12-15(18-21-13-8-4-5-9-14(13)22-18)17(20)23-16(12)11-6-2-1-3-7-11/h1-9H,20H2. The molecule has 3 nitrogen and oxygen atoms in total. The van der Waals surface area contributed by atoms with E-state index in [1.807, 2.05) is 54.6 Å². The van der Waals surface area contributed by atoms with Crippen LogP contribution in [0.15, 0.2) is 54.6 Å². The molecule has 0 radical (unpaired) electrons. The average Bonchev–Trinajstić information content (AvgIpc) is 3.15. The normalized spacial score (nSPS) is 10.7. The molecule has 4 aromatic rings. The van der Waals surface area contributed by atoms with Gasteiger partial charge in [0.1, 0.15) is 11.1 Å². The number of benzene rings is 2. The van der Waals surface area contributed by atoms with E-state index in [1.54, 1.807) is 11.3 Å². The molecular formula is C18H11N3S2. The fourth-order valence-corrected chi connectivity index (χ4v) is 4.66. The first-order valence-corrected chi connectivity index (χ1v) is 8.65. The van der Waals surface area contributed by atoms with Crippen molar-refractivity contribution in [3.8, 4) is 27.1 Å². The predicted octanol–water partition coefficient (Wildman–Crippen LogP) is 5.15. The van der Waals surface area contributed by atoms with Gasteiger partial charge in [-0.3, -0.25) is 0 Å². The number of para-hydroxylation sites is 1. The topological polar surface area (TPSA) is 62.7 Å². The summed E-state index contributed by atoms with van der Waals surface area (Å²) in [5.41, 5.74) is 9.55. The summed E-state index contributed by atoms with van der Waals surface area (Å²) in [4.78, 5) is 5.56. The summed E-state index contributed by atoms with van der Waals surface area (Å²) in [6.45, 7) is 0. The molecule has 2 aromatic carbocycles. The van der Waals surface area contributed by atoms with Gasteiger partial charge in [0.15, 0.2) is 0 Å². The third-order valence-corrected chi connectivity index (χ3v) is 5.71. The highest BCUT2D eigenvalue weighted by Crippen LogP contribution is 2.45. The molecule has 0 spiro atoms. The van der Waals surface area contributed by atoms with Crippen molar-refractivity contribution in [3.05, 3.63) is 60.2 Å². The molecule has 0 saturated heterocycles. The van der Waals surface area contributed by atoms with Crippen molar-refractivity contribution in [3.63, 3.8) is 0 Å². The molecule has 2 N–H and O–H groups in total. The summed E-state index contributed by atoms with van der Waals surface area (Å²) in [7, 11) is 0. The minimum atomic E-state index is 0.609. The first-order valence-electron chi connectivity index (χ1n) is 7.01. The quantitative estimate of drug-likeness (QED) is 0.552. The van der Waals surface area contributed by atoms with E-state index >= 15 is 0 Å². The molecule has 4 rings (SSSR count). The Morgan fingerprint density at radius 3 is 2.43 bits per heavy atom. The number of nitrogens with two attached hydrogens (primary N) is 1. The molecule has 0 saturated carbocycles. The van der Waals surface area contributed by atoms with Gasteiger partial charge in [0.2, 0.25) is 0 Å². The molecule has 0 aliphatic rings. The van der Waals surface area contributed by atoms with Gasteiger partial charge >= 0.3 is 0 Å². The zero-order valence-electron chi connectivity index (χ0n) is 12.0. The van der Waals surface area contributed by atoms with Crippen molar-refractivity contribution in [2.24, 2.45) is 0 Å². The molecule has 23 heavy (non-hydrogen) atoms. The number of nitrogen functional groups attached to an aromatic ring is 1. The third-order valence-electron chi connectivity index (χ3n) is 3.59. The maximum Gasteiger partial charge on any atom is 0.128 e. The predicted molar refractivity (Wildman–Crippen MR) is 97.5 cm³/mol. The fourth-order valence-electron chi connectivity index (χ4n) is 2.54. The molecule has 0 aliphatic heterocycles. The molecule has 5 heteroatoms. The second kappa shape index (κ2) is 5.51. The summed E-state index contributed by atoms with van der Waals surface area (Å²) in [6.07, 6.45) is 0. The van der Waals surface area contributed by atoms with Gasteiger partial charge in [-0.1, -0.05) is 42.5 Å². The third kappa shape index (κ3) is 2.29. The molecule has 0 fully saturated rings. The summed E-state index contributed by atoms with van der Waals surface area (Å²) in [5.74, 6) is 0. The van der Waals surface area contributed by atoms with E-state index in [0.29, 0.717) is 10.6 Å². The maximum atomic E-state index is 9.69. The Bertz CT molecular complexity index is 1010. The van der Waals surface area contributed by atoms with Crippen molar-refractivity contribution in [2.75, 3.05) is 5.73 Å². The van der Waals surface area contributed by atoms with Gasteiger partial charge in [-0.2, -0.15) is 5.26 Å². The molecule has 0 unspecified atom stereocenters. The SMILES string of the molecule is N#Cc1c(-c2ccccc2)sc(N)c1-c1nc2ccccc2s1. The van der Waals surface area contributed by atoms with Crippen molar-refractivity contribution in [1.29, 1.82) is 5.26 Å². The maximum absolute atomic E-state index is 9.69. The van der Waals surface area contributed by atoms with Crippen molar-refractivity contribution >= 4 is 37.9 Å². The van der Waals surface area contributed by atoms with Crippen LogP contribution in [-0.4, -0.2) is 4.98 Å². The number of rotatable bonds is 2. The lowest BCUT2D eigenvalue weighted by atomic mass is 10.1. The first kappa shape index (κ1) is 13.9. The van der Waals surface area contributed by atoms with Crippen molar-refractivity contribution in [1.82, 2.24) is 4.98 Å². The number of nitrogens with zero attached hydrogens (tertiary/aromatic N) is 2. The molecule has 110 valence electrons. The molecule has 2 aromatic heterocycles. The monoisotopic (exact) mass is 333 g/mol. The van der Waals surface area contributed by atoms with Crippen LogP contribution in [-0.2, 0) is 0 Å². The largest absolute Gasteiger partial charge is 0.390 e. The van der Waals surface area contributed by atoms with Crippen LogP contribution in [0.25, 0.3) is 31.2 Å². The van der Waals surface area contributed by atoms with Crippen LogP contribution in [0.5, 0.6) is 0 Å². The van der Waals surface area contributed by atoms with Crippen LogP contribution in [0, 0.1) is 11.3 Å². The van der Waals surface area contributed by atoms with E-state index in [0.717, 1.165) is 31.2 Å². The Balaban J connectivity index is 1.96. The van der Waals surface area contributed by atoms with E-state index in [4.69, 9.17) is 5.73 Å². The van der Waals surface area contributed by atoms with Crippen molar-refractivity contribution < 1.29 is 0 Å². The van der Waals surface area contributed by atoms with Gasteiger partial charge in [-0.05, 0) is 17.7 Å². The minimum Gasteiger partial charge on any atom is -0.390 e. The van der Waals surface area contributed by atoms with Crippen LogP contribution in [0.2, 0.25) is 0 Å². The van der Waals surface area contributed by atoms with Gasteiger partial charge in [0.05, 0.1) is 31.2 Å². The number of aromatic nitrogens is 1. The van der Waals surface area contributed by atoms with Crippen molar-refractivity contribution in [2.45, 2.75) is 0 Å². The van der Waals surface area contributed by atoms with Gasteiger partial charge in [-0.25, -0.2) is 4.98 Å². The minimum absolute atomic E-state index is 0.609. The Hall–Kier alpha value is -2.68. The Kier molecular flexibility index (Phi) is 3.34. The van der Waals surface area contributed by atoms with Crippen LogP contribution in [0.3, 0.4) is 0 Å². The average molecular weight is 333 g/mol. The molecular weight excluding hydrogens is 322 g/mol. The number of thiophene rings is 1. The van der Waals surface area contributed by atoms with Crippen LogP contribution in [0.1, 0.15) is 5.56 Å². The number of fused-ring (bicyclic) bond motifs is 1. The van der Waals surface area contributed by atoms with E-state index < -0.39 is 0 Å². The highest BCUT2D eigenvalue weighted by Gasteiger charge is 2.21. The summed E-state index contributed by atoms with van der Waals surface area (Å²) in [5, 5.41) is 11.1. The lowest BCUT2D eigenvalue weighted by Crippen LogP contribution is -1.86. The zero-order valence-corrected chi connectivity index (χ0v) is 13.6. The van der Waals surface area contributed by atoms with E-state index in [9.17, 15) is 5.26 Å². The highest BCUT2D eigenvalue weighted by atomic mass is 32.1. The lowest BCUT2D eigenvalue weighted by molar-refractivity contribution is 1.46. The van der Waals surface area contributed by atoms with E-state index in [2.05, 4.69) is 11.1 Å². The van der Waals surface area contributed by atoms with Gasteiger partial charge in [0.25, 0.3) is 0 Å². The van der Waals surface area contributed by atoms with Crippen LogP contribution >= 0.6 is 22.7 Å². The van der Waals surface area contributed by atoms with Gasteiger partial charge in [0, 0.05) is 0 Å². The fraction of sp³-hybridized carbons (Fsp3) is 0. The molecule has 2 heterocycles. The first-order chi connectivity index (χ1) is 11.3. The number of anilines is 1. The van der Waals surface area contributed by atoms with Crippen LogP contribution in [0.4, 0.5) is 5.00 Å². The molecule has 0 aliphatic carbocycles. The zero-order chi connectivity index (χ0) is 15.8. The number of nitriles is 1. The van der Waals surface area contributed by atoms with Crippen LogP contribution < -0.4 is 5.73 Å².